The molecule has 7 nitrogen and oxygen atoms in total. The Bertz CT molecular complexity index is 637. The predicted molar refractivity (Wildman–Crippen MR) is 86.1 cm³/mol. The first-order chi connectivity index (χ1) is 10.8. The Kier molecular flexibility index (Phi) is 5.41. The van der Waals surface area contributed by atoms with E-state index >= 15 is 0 Å². The second-order valence-electron chi connectivity index (χ2n) is 5.34. The fraction of sp³-hybridized carbons (Fsp3) is 0.571. The summed E-state index contributed by atoms with van der Waals surface area (Å²) in [6.45, 7) is 1.57. The number of benzene rings is 1. The lowest BCUT2D eigenvalue weighted by Crippen LogP contribution is -2.24. The minimum atomic E-state index is -3.61. The van der Waals surface area contributed by atoms with E-state index in [2.05, 4.69) is 0 Å². The van der Waals surface area contributed by atoms with Gasteiger partial charge < -0.3 is 18.3 Å². The van der Waals surface area contributed by atoms with Crippen molar-refractivity contribution in [3.8, 4) is 5.75 Å². The van der Waals surface area contributed by atoms with Gasteiger partial charge in [0.05, 0.1) is 12.8 Å². The van der Waals surface area contributed by atoms with E-state index in [1.54, 1.807) is 38.3 Å². The highest BCUT2D eigenvalue weighted by atomic mass is 31.2. The standard InChI is InChI=1S/C14H22O7P2/c1-14(23(16,19-4)20-5)10-13(22(15,18-3)21-14)11-6-8-12(17-2)9-7-11/h6-9,13H,10H2,1-5H3. The number of rotatable bonds is 6. The van der Waals surface area contributed by atoms with Gasteiger partial charge in [0.25, 0.3) is 0 Å². The molecule has 0 radical (unpaired) electrons. The molecule has 0 saturated carbocycles. The third kappa shape index (κ3) is 3.14. The summed E-state index contributed by atoms with van der Waals surface area (Å²) in [5, 5.41) is -1.35. The molecule has 1 fully saturated rings. The third-order valence-electron chi connectivity index (χ3n) is 4.09. The Morgan fingerprint density at radius 1 is 1.17 bits per heavy atom. The van der Waals surface area contributed by atoms with E-state index in [-0.39, 0.29) is 6.42 Å². The van der Waals surface area contributed by atoms with E-state index in [4.69, 9.17) is 22.8 Å². The molecular formula is C14H22O7P2. The molecule has 1 aliphatic rings. The monoisotopic (exact) mass is 364 g/mol. The molecule has 0 amide bonds. The van der Waals surface area contributed by atoms with E-state index in [1.807, 2.05) is 0 Å². The Morgan fingerprint density at radius 2 is 1.74 bits per heavy atom. The molecule has 3 unspecified atom stereocenters. The van der Waals surface area contributed by atoms with Crippen LogP contribution in [0.15, 0.2) is 24.3 Å². The van der Waals surface area contributed by atoms with E-state index in [9.17, 15) is 9.13 Å². The Balaban J connectivity index is 2.43. The molecule has 0 N–H and O–H groups in total. The average molecular weight is 364 g/mol. The lowest BCUT2D eigenvalue weighted by atomic mass is 10.1. The molecule has 1 aliphatic heterocycles. The molecule has 9 heteroatoms. The van der Waals surface area contributed by atoms with Crippen molar-refractivity contribution in [1.29, 1.82) is 0 Å². The molecule has 3 atom stereocenters. The molecular weight excluding hydrogens is 342 g/mol. The van der Waals surface area contributed by atoms with Crippen LogP contribution in [0, 0.1) is 0 Å². The van der Waals surface area contributed by atoms with Gasteiger partial charge in [-0.15, -0.1) is 0 Å². The zero-order valence-corrected chi connectivity index (χ0v) is 15.6. The molecule has 1 aromatic carbocycles. The van der Waals surface area contributed by atoms with Gasteiger partial charge in [-0.3, -0.25) is 13.7 Å². The highest BCUT2D eigenvalue weighted by molar-refractivity contribution is 7.59. The summed E-state index contributed by atoms with van der Waals surface area (Å²) >= 11 is 0. The molecule has 0 aliphatic carbocycles. The van der Waals surface area contributed by atoms with Gasteiger partial charge in [-0.2, -0.15) is 0 Å². The van der Waals surface area contributed by atoms with Crippen LogP contribution in [0.25, 0.3) is 0 Å². The van der Waals surface area contributed by atoms with Crippen molar-refractivity contribution >= 4 is 15.2 Å². The van der Waals surface area contributed by atoms with Gasteiger partial charge in [-0.05, 0) is 24.6 Å². The van der Waals surface area contributed by atoms with Crippen molar-refractivity contribution in [1.82, 2.24) is 0 Å². The fourth-order valence-corrected chi connectivity index (χ4v) is 7.16. The van der Waals surface area contributed by atoms with Crippen LogP contribution < -0.4 is 4.74 Å². The first-order valence-corrected chi connectivity index (χ1v) is 10.1. The Labute approximate surface area is 136 Å². The zero-order valence-electron chi connectivity index (χ0n) is 13.8. The summed E-state index contributed by atoms with van der Waals surface area (Å²) in [6, 6.07) is 7.10. The van der Waals surface area contributed by atoms with Gasteiger partial charge in [0.15, 0.2) is 5.34 Å². The quantitative estimate of drug-likeness (QED) is 0.700. The number of hydrogen-bond donors (Lipinski definition) is 0. The predicted octanol–water partition coefficient (Wildman–Crippen LogP) is 4.20. The maximum Gasteiger partial charge on any atom is 0.361 e. The molecule has 0 bridgehead atoms. The maximum absolute atomic E-state index is 13.1. The fourth-order valence-electron chi connectivity index (χ4n) is 2.76. The lowest BCUT2D eigenvalue weighted by molar-refractivity contribution is 0.119. The summed E-state index contributed by atoms with van der Waals surface area (Å²) in [7, 11) is -1.70. The molecule has 0 aromatic heterocycles. The molecule has 1 aromatic rings. The van der Waals surface area contributed by atoms with Crippen LogP contribution in [-0.2, 0) is 27.2 Å². The van der Waals surface area contributed by atoms with Crippen LogP contribution in [0.4, 0.5) is 0 Å². The van der Waals surface area contributed by atoms with E-state index in [0.717, 1.165) is 5.56 Å². The van der Waals surface area contributed by atoms with Gasteiger partial charge in [-0.25, -0.2) is 0 Å². The van der Waals surface area contributed by atoms with E-state index < -0.39 is 26.2 Å². The molecule has 130 valence electrons. The number of hydrogen-bond acceptors (Lipinski definition) is 7. The normalized spacial score (nSPS) is 31.3. The third-order valence-corrected chi connectivity index (χ3v) is 9.04. The van der Waals surface area contributed by atoms with Crippen molar-refractivity contribution in [3.63, 3.8) is 0 Å². The SMILES string of the molecule is COc1ccc(C2CC(C)(P(=O)(OC)OC)OP2(=O)OC)cc1. The van der Waals surface area contributed by atoms with Crippen LogP contribution in [0.2, 0.25) is 0 Å². The molecule has 0 spiro atoms. The van der Waals surface area contributed by atoms with Gasteiger partial charge in [0.2, 0.25) is 0 Å². The summed E-state index contributed by atoms with van der Waals surface area (Å²) in [5.74, 6) is 0.683. The van der Waals surface area contributed by atoms with Gasteiger partial charge in [-0.1, -0.05) is 12.1 Å². The molecule has 2 rings (SSSR count). The smallest absolute Gasteiger partial charge is 0.361 e. The van der Waals surface area contributed by atoms with Gasteiger partial charge in [0.1, 0.15) is 5.75 Å². The molecule has 1 saturated heterocycles. The summed E-state index contributed by atoms with van der Waals surface area (Å²) in [5.41, 5.74) is 0.181. The summed E-state index contributed by atoms with van der Waals surface area (Å²) < 4.78 is 51.9. The van der Waals surface area contributed by atoms with E-state index in [0.29, 0.717) is 5.75 Å². The highest BCUT2D eigenvalue weighted by Crippen LogP contribution is 2.79. The molecule has 23 heavy (non-hydrogen) atoms. The number of ether oxygens (including phenoxy) is 1. The largest absolute Gasteiger partial charge is 0.497 e. The Morgan fingerprint density at radius 3 is 2.17 bits per heavy atom. The van der Waals surface area contributed by atoms with Crippen molar-refractivity contribution in [2.24, 2.45) is 0 Å². The van der Waals surface area contributed by atoms with Gasteiger partial charge in [0, 0.05) is 27.8 Å². The average Bonchev–Trinajstić information content (AvgIpc) is 2.87. The minimum Gasteiger partial charge on any atom is -0.497 e. The minimum absolute atomic E-state index is 0.184. The van der Waals surface area contributed by atoms with Crippen molar-refractivity contribution in [2.75, 3.05) is 28.4 Å². The van der Waals surface area contributed by atoms with Crippen molar-refractivity contribution < 1.29 is 32.0 Å². The van der Waals surface area contributed by atoms with Crippen LogP contribution >= 0.6 is 15.2 Å². The topological polar surface area (TPSA) is 80.3 Å². The Hall–Kier alpha value is -0.680. The van der Waals surface area contributed by atoms with Crippen LogP contribution in [0.1, 0.15) is 24.6 Å². The number of methoxy groups -OCH3 is 1. The maximum atomic E-state index is 13.1. The van der Waals surface area contributed by atoms with Crippen molar-refractivity contribution in [2.45, 2.75) is 24.3 Å². The summed E-state index contributed by atoms with van der Waals surface area (Å²) in [4.78, 5) is 0. The summed E-state index contributed by atoms with van der Waals surface area (Å²) in [6.07, 6.45) is 0.184. The van der Waals surface area contributed by atoms with E-state index in [1.165, 1.54) is 21.3 Å². The first kappa shape index (κ1) is 18.7. The highest BCUT2D eigenvalue weighted by Gasteiger charge is 2.62. The van der Waals surface area contributed by atoms with Crippen LogP contribution in [0.5, 0.6) is 5.75 Å². The second kappa shape index (κ2) is 6.67. The van der Waals surface area contributed by atoms with Crippen LogP contribution in [-0.4, -0.2) is 33.8 Å². The second-order valence-corrected chi connectivity index (χ2v) is 10.3. The molecule has 1 heterocycles. The first-order valence-electron chi connectivity index (χ1n) is 6.99. The van der Waals surface area contributed by atoms with Crippen LogP contribution in [0.3, 0.4) is 0 Å². The lowest BCUT2D eigenvalue weighted by Gasteiger charge is -2.29. The van der Waals surface area contributed by atoms with Gasteiger partial charge >= 0.3 is 15.2 Å². The zero-order chi connectivity index (χ0) is 17.3. The van der Waals surface area contributed by atoms with Crippen molar-refractivity contribution in [3.05, 3.63) is 29.8 Å².